The smallest absolute Gasteiger partial charge is 0.123 e. The molecule has 1 saturated heterocycles. The summed E-state index contributed by atoms with van der Waals surface area (Å²) in [5.41, 5.74) is 2.25. The van der Waals surface area contributed by atoms with Crippen molar-refractivity contribution < 1.29 is 4.39 Å². The number of rotatable bonds is 4. The maximum Gasteiger partial charge on any atom is 0.123 e. The molecule has 1 aromatic carbocycles. The SMILES string of the molecule is CCNC(C)c1cc(F)ccc1N1CCSC(C)C1C. The van der Waals surface area contributed by atoms with Gasteiger partial charge in [-0.2, -0.15) is 11.8 Å². The molecule has 2 nitrogen and oxygen atoms in total. The number of benzene rings is 1. The Hall–Kier alpha value is -0.740. The second-order valence-electron chi connectivity index (χ2n) is 5.49. The standard InChI is InChI=1S/C16H25FN2S/c1-5-18-11(2)15-10-14(17)6-7-16(15)19-8-9-20-13(4)12(19)3/h6-7,10-13,18H,5,8-9H2,1-4H3. The zero-order valence-corrected chi connectivity index (χ0v) is 13.6. The molecule has 3 atom stereocenters. The minimum atomic E-state index is -0.152. The van der Waals surface area contributed by atoms with Gasteiger partial charge in [-0.05, 0) is 44.2 Å². The van der Waals surface area contributed by atoms with Gasteiger partial charge in [0.1, 0.15) is 5.82 Å². The minimum absolute atomic E-state index is 0.152. The molecule has 112 valence electrons. The van der Waals surface area contributed by atoms with Crippen LogP contribution in [0.3, 0.4) is 0 Å². The predicted octanol–water partition coefficient (Wildman–Crippen LogP) is 3.83. The maximum absolute atomic E-state index is 13.6. The first-order valence-electron chi connectivity index (χ1n) is 7.45. The monoisotopic (exact) mass is 296 g/mol. The van der Waals surface area contributed by atoms with Crippen LogP contribution in [-0.2, 0) is 0 Å². The van der Waals surface area contributed by atoms with Crippen LogP contribution in [0, 0.1) is 5.82 Å². The highest BCUT2D eigenvalue weighted by Crippen LogP contribution is 2.34. The van der Waals surface area contributed by atoms with Crippen molar-refractivity contribution in [1.29, 1.82) is 0 Å². The van der Waals surface area contributed by atoms with E-state index in [2.05, 4.69) is 37.9 Å². The first-order valence-corrected chi connectivity index (χ1v) is 8.50. The van der Waals surface area contributed by atoms with Gasteiger partial charge in [0.2, 0.25) is 0 Å². The molecule has 0 bridgehead atoms. The number of halogens is 1. The van der Waals surface area contributed by atoms with Crippen LogP contribution < -0.4 is 10.2 Å². The Morgan fingerprint density at radius 1 is 1.45 bits per heavy atom. The summed E-state index contributed by atoms with van der Waals surface area (Å²) in [4.78, 5) is 2.43. The summed E-state index contributed by atoms with van der Waals surface area (Å²) >= 11 is 2.02. The lowest BCUT2D eigenvalue weighted by molar-refractivity contribution is 0.570. The lowest BCUT2D eigenvalue weighted by Gasteiger charge is -2.40. The van der Waals surface area contributed by atoms with Crippen LogP contribution in [0.4, 0.5) is 10.1 Å². The summed E-state index contributed by atoms with van der Waals surface area (Å²) in [5, 5.41) is 4.00. The summed E-state index contributed by atoms with van der Waals surface area (Å²) in [6.07, 6.45) is 0. The van der Waals surface area contributed by atoms with Gasteiger partial charge in [-0.25, -0.2) is 4.39 Å². The van der Waals surface area contributed by atoms with Crippen molar-refractivity contribution >= 4 is 17.4 Å². The van der Waals surface area contributed by atoms with Crippen molar-refractivity contribution in [3.05, 3.63) is 29.6 Å². The van der Waals surface area contributed by atoms with Crippen LogP contribution in [0.25, 0.3) is 0 Å². The molecule has 3 unspecified atom stereocenters. The van der Waals surface area contributed by atoms with Gasteiger partial charge < -0.3 is 10.2 Å². The van der Waals surface area contributed by atoms with Crippen LogP contribution >= 0.6 is 11.8 Å². The number of hydrogen-bond acceptors (Lipinski definition) is 3. The Morgan fingerprint density at radius 3 is 2.90 bits per heavy atom. The topological polar surface area (TPSA) is 15.3 Å². The van der Waals surface area contributed by atoms with E-state index in [0.29, 0.717) is 11.3 Å². The quantitative estimate of drug-likeness (QED) is 0.909. The molecular weight excluding hydrogens is 271 g/mol. The third-order valence-corrected chi connectivity index (χ3v) is 5.50. The van der Waals surface area contributed by atoms with Crippen molar-refractivity contribution in [1.82, 2.24) is 5.32 Å². The molecule has 1 aliphatic rings. The van der Waals surface area contributed by atoms with Gasteiger partial charge in [-0.15, -0.1) is 0 Å². The number of hydrogen-bond donors (Lipinski definition) is 1. The molecule has 4 heteroatoms. The van der Waals surface area contributed by atoms with E-state index < -0.39 is 0 Å². The molecule has 1 aliphatic heterocycles. The van der Waals surface area contributed by atoms with Crippen LogP contribution in [-0.4, -0.2) is 30.1 Å². The molecule has 2 rings (SSSR count). The summed E-state index contributed by atoms with van der Waals surface area (Å²) in [5.74, 6) is 0.985. The molecule has 1 aromatic rings. The molecule has 1 fully saturated rings. The van der Waals surface area contributed by atoms with E-state index in [1.54, 1.807) is 12.1 Å². The third kappa shape index (κ3) is 3.29. The van der Waals surface area contributed by atoms with E-state index in [0.717, 1.165) is 24.4 Å². The van der Waals surface area contributed by atoms with Crippen LogP contribution in [0.2, 0.25) is 0 Å². The summed E-state index contributed by atoms with van der Waals surface area (Å²) in [6, 6.07) is 5.85. The molecule has 0 amide bonds. The number of nitrogens with zero attached hydrogens (tertiary/aromatic N) is 1. The number of anilines is 1. The zero-order chi connectivity index (χ0) is 14.7. The van der Waals surface area contributed by atoms with Gasteiger partial charge in [-0.1, -0.05) is 13.8 Å². The zero-order valence-electron chi connectivity index (χ0n) is 12.8. The highest BCUT2D eigenvalue weighted by atomic mass is 32.2. The van der Waals surface area contributed by atoms with Crippen molar-refractivity contribution in [2.24, 2.45) is 0 Å². The van der Waals surface area contributed by atoms with Gasteiger partial charge in [0.25, 0.3) is 0 Å². The fourth-order valence-electron chi connectivity index (χ4n) is 2.82. The highest BCUT2D eigenvalue weighted by Gasteiger charge is 2.27. The van der Waals surface area contributed by atoms with E-state index in [9.17, 15) is 4.39 Å². The molecule has 1 N–H and O–H groups in total. The van der Waals surface area contributed by atoms with Gasteiger partial charge in [0, 0.05) is 35.3 Å². The second-order valence-corrected chi connectivity index (χ2v) is 6.98. The average molecular weight is 296 g/mol. The normalized spacial score (nSPS) is 24.8. The summed E-state index contributed by atoms with van der Waals surface area (Å²) in [6.45, 7) is 10.7. The van der Waals surface area contributed by atoms with E-state index >= 15 is 0 Å². The van der Waals surface area contributed by atoms with Gasteiger partial charge in [-0.3, -0.25) is 0 Å². The van der Waals surface area contributed by atoms with Gasteiger partial charge in [0.15, 0.2) is 0 Å². The van der Waals surface area contributed by atoms with Crippen molar-refractivity contribution in [2.75, 3.05) is 23.7 Å². The van der Waals surface area contributed by atoms with E-state index in [1.165, 1.54) is 5.69 Å². The number of nitrogens with one attached hydrogen (secondary N) is 1. The Kier molecular flexibility index (Phi) is 5.33. The molecule has 0 saturated carbocycles. The molecule has 0 aromatic heterocycles. The molecule has 0 radical (unpaired) electrons. The predicted molar refractivity (Wildman–Crippen MR) is 87.2 cm³/mol. The lowest BCUT2D eigenvalue weighted by Crippen LogP contribution is -2.45. The Balaban J connectivity index is 2.34. The third-order valence-electron chi connectivity index (χ3n) is 4.16. The van der Waals surface area contributed by atoms with E-state index in [1.807, 2.05) is 17.8 Å². The van der Waals surface area contributed by atoms with Gasteiger partial charge >= 0.3 is 0 Å². The molecule has 0 spiro atoms. The Labute approximate surface area is 126 Å². The fourth-order valence-corrected chi connectivity index (χ4v) is 3.92. The molecule has 0 aliphatic carbocycles. The summed E-state index contributed by atoms with van der Waals surface area (Å²) in [7, 11) is 0. The molecular formula is C16H25FN2S. The van der Waals surface area contributed by atoms with E-state index in [4.69, 9.17) is 0 Å². The van der Waals surface area contributed by atoms with Crippen LogP contribution in [0.15, 0.2) is 18.2 Å². The average Bonchev–Trinajstić information content (AvgIpc) is 2.42. The van der Waals surface area contributed by atoms with Crippen LogP contribution in [0.1, 0.15) is 39.3 Å². The van der Waals surface area contributed by atoms with Crippen molar-refractivity contribution in [2.45, 2.75) is 45.0 Å². The first kappa shape index (κ1) is 15.6. The lowest BCUT2D eigenvalue weighted by atomic mass is 10.0. The Bertz CT molecular complexity index is 452. The van der Waals surface area contributed by atoms with Crippen molar-refractivity contribution in [3.8, 4) is 0 Å². The molecule has 1 heterocycles. The summed E-state index contributed by atoms with van der Waals surface area (Å²) < 4.78 is 13.6. The second kappa shape index (κ2) is 6.81. The van der Waals surface area contributed by atoms with E-state index in [-0.39, 0.29) is 11.9 Å². The first-order chi connectivity index (χ1) is 9.54. The van der Waals surface area contributed by atoms with Crippen molar-refractivity contribution in [3.63, 3.8) is 0 Å². The minimum Gasteiger partial charge on any atom is -0.367 e. The van der Waals surface area contributed by atoms with Crippen LogP contribution in [0.5, 0.6) is 0 Å². The Morgan fingerprint density at radius 2 is 2.20 bits per heavy atom. The number of thioether (sulfide) groups is 1. The fraction of sp³-hybridized carbons (Fsp3) is 0.625. The largest absolute Gasteiger partial charge is 0.367 e. The molecule has 20 heavy (non-hydrogen) atoms. The highest BCUT2D eigenvalue weighted by molar-refractivity contribution is 8.00. The maximum atomic E-state index is 13.6. The van der Waals surface area contributed by atoms with Gasteiger partial charge in [0.05, 0.1) is 0 Å².